The monoisotopic (exact) mass is 286 g/mol. The Morgan fingerprint density at radius 2 is 2.05 bits per heavy atom. The van der Waals surface area contributed by atoms with E-state index in [2.05, 4.69) is 10.3 Å². The summed E-state index contributed by atoms with van der Waals surface area (Å²) in [5, 5.41) is 2.69. The summed E-state index contributed by atoms with van der Waals surface area (Å²) in [5.41, 5.74) is 5.41. The second kappa shape index (κ2) is 7.94. The molecule has 116 valence electrons. The van der Waals surface area contributed by atoms with Gasteiger partial charge in [-0.25, -0.2) is 4.79 Å². The molecule has 0 radical (unpaired) electrons. The summed E-state index contributed by atoms with van der Waals surface area (Å²) in [6, 6.07) is 0. The minimum atomic E-state index is -0.469. The second-order valence-electron chi connectivity index (χ2n) is 5.62. The summed E-state index contributed by atoms with van der Waals surface area (Å²) >= 11 is 0. The standard InChI is InChI=1S/C13H26N4O3/c1-13(2,3)20-12(18)16-6-4-5-15-11(14)17-7-9-19-10-8-17/h4-10H2,1-3H3,(H2,14,15)(H,16,18). The smallest absolute Gasteiger partial charge is 0.407 e. The van der Waals surface area contributed by atoms with Crippen LogP contribution in [0.1, 0.15) is 27.2 Å². The second-order valence-corrected chi connectivity index (χ2v) is 5.62. The molecule has 1 saturated heterocycles. The molecule has 0 aromatic rings. The third kappa shape index (κ3) is 7.18. The van der Waals surface area contributed by atoms with E-state index in [1.807, 2.05) is 25.7 Å². The van der Waals surface area contributed by atoms with Crippen molar-refractivity contribution in [3.8, 4) is 0 Å². The first kappa shape index (κ1) is 16.6. The van der Waals surface area contributed by atoms with Crippen LogP contribution in [0.15, 0.2) is 4.99 Å². The fourth-order valence-electron chi connectivity index (χ4n) is 1.67. The minimum absolute atomic E-state index is 0.400. The molecule has 1 fully saturated rings. The number of aliphatic imine (C=N–C) groups is 1. The van der Waals surface area contributed by atoms with Crippen LogP contribution in [0.3, 0.4) is 0 Å². The van der Waals surface area contributed by atoms with Crippen molar-refractivity contribution in [2.75, 3.05) is 39.4 Å². The van der Waals surface area contributed by atoms with E-state index in [1.54, 1.807) is 0 Å². The summed E-state index contributed by atoms with van der Waals surface area (Å²) in [7, 11) is 0. The van der Waals surface area contributed by atoms with Gasteiger partial charge in [-0.1, -0.05) is 0 Å². The first-order chi connectivity index (χ1) is 9.38. The molecule has 0 atom stereocenters. The number of hydrogen-bond acceptors (Lipinski definition) is 4. The van der Waals surface area contributed by atoms with E-state index in [0.29, 0.717) is 32.3 Å². The average Bonchev–Trinajstić information content (AvgIpc) is 2.37. The average molecular weight is 286 g/mol. The summed E-state index contributed by atoms with van der Waals surface area (Å²) in [5.74, 6) is 0.547. The van der Waals surface area contributed by atoms with Gasteiger partial charge in [0.1, 0.15) is 5.60 Å². The van der Waals surface area contributed by atoms with E-state index in [4.69, 9.17) is 15.2 Å². The Balaban J connectivity index is 2.13. The third-order valence-corrected chi connectivity index (χ3v) is 2.61. The molecular weight excluding hydrogens is 260 g/mol. The van der Waals surface area contributed by atoms with Crippen molar-refractivity contribution < 1.29 is 14.3 Å². The zero-order valence-electron chi connectivity index (χ0n) is 12.6. The number of rotatable bonds is 4. The molecule has 0 aromatic carbocycles. The van der Waals surface area contributed by atoms with Crippen LogP contribution in [-0.2, 0) is 9.47 Å². The van der Waals surface area contributed by atoms with E-state index >= 15 is 0 Å². The maximum absolute atomic E-state index is 11.4. The molecular formula is C13H26N4O3. The number of nitrogens with one attached hydrogen (secondary N) is 1. The Labute approximate surface area is 120 Å². The Morgan fingerprint density at radius 1 is 1.40 bits per heavy atom. The van der Waals surface area contributed by atoms with Crippen molar-refractivity contribution in [1.82, 2.24) is 10.2 Å². The number of nitrogens with two attached hydrogens (primary N) is 1. The maximum Gasteiger partial charge on any atom is 0.407 e. The zero-order valence-corrected chi connectivity index (χ0v) is 12.6. The zero-order chi connectivity index (χ0) is 15.0. The van der Waals surface area contributed by atoms with E-state index < -0.39 is 11.7 Å². The maximum atomic E-state index is 11.4. The lowest BCUT2D eigenvalue weighted by Crippen LogP contribution is -2.44. The predicted octanol–water partition coefficient (Wildman–Crippen LogP) is 0.548. The van der Waals surface area contributed by atoms with Crippen LogP contribution in [0.25, 0.3) is 0 Å². The number of amides is 1. The molecule has 1 aliphatic heterocycles. The van der Waals surface area contributed by atoms with Gasteiger partial charge in [0.05, 0.1) is 13.2 Å². The van der Waals surface area contributed by atoms with Gasteiger partial charge in [-0.05, 0) is 27.2 Å². The first-order valence-corrected chi connectivity index (χ1v) is 6.98. The molecule has 0 saturated carbocycles. The van der Waals surface area contributed by atoms with E-state index in [1.165, 1.54) is 0 Å². The normalized spacial score (nSPS) is 16.9. The van der Waals surface area contributed by atoms with Crippen LogP contribution in [0.4, 0.5) is 4.79 Å². The highest BCUT2D eigenvalue weighted by Gasteiger charge is 2.15. The molecule has 0 spiro atoms. The first-order valence-electron chi connectivity index (χ1n) is 6.98. The largest absolute Gasteiger partial charge is 0.444 e. The molecule has 1 amide bonds. The van der Waals surface area contributed by atoms with E-state index in [9.17, 15) is 4.79 Å². The van der Waals surface area contributed by atoms with Gasteiger partial charge in [-0.15, -0.1) is 0 Å². The highest BCUT2D eigenvalue weighted by molar-refractivity contribution is 5.78. The lowest BCUT2D eigenvalue weighted by molar-refractivity contribution is 0.0527. The highest BCUT2D eigenvalue weighted by Crippen LogP contribution is 2.06. The van der Waals surface area contributed by atoms with Gasteiger partial charge >= 0.3 is 6.09 Å². The Morgan fingerprint density at radius 3 is 2.65 bits per heavy atom. The molecule has 1 aliphatic rings. The van der Waals surface area contributed by atoms with Crippen LogP contribution in [0, 0.1) is 0 Å². The van der Waals surface area contributed by atoms with Crippen molar-refractivity contribution in [2.24, 2.45) is 10.7 Å². The van der Waals surface area contributed by atoms with Crippen LogP contribution in [-0.4, -0.2) is 61.9 Å². The topological polar surface area (TPSA) is 89.2 Å². The third-order valence-electron chi connectivity index (χ3n) is 2.61. The fraction of sp³-hybridized carbons (Fsp3) is 0.846. The summed E-state index contributed by atoms with van der Waals surface area (Å²) in [6.45, 7) is 9.55. The van der Waals surface area contributed by atoms with Crippen LogP contribution in [0.2, 0.25) is 0 Å². The number of guanidine groups is 1. The van der Waals surface area contributed by atoms with Crippen molar-refractivity contribution in [1.29, 1.82) is 0 Å². The van der Waals surface area contributed by atoms with Gasteiger partial charge in [0.2, 0.25) is 0 Å². The lowest BCUT2D eigenvalue weighted by Gasteiger charge is -2.27. The van der Waals surface area contributed by atoms with Crippen LogP contribution >= 0.6 is 0 Å². The molecule has 3 N–H and O–H groups in total. The van der Waals surface area contributed by atoms with Gasteiger partial charge in [-0.2, -0.15) is 0 Å². The van der Waals surface area contributed by atoms with Crippen molar-refractivity contribution in [3.05, 3.63) is 0 Å². The number of ether oxygens (including phenoxy) is 2. The Bertz CT molecular complexity index is 333. The van der Waals surface area contributed by atoms with Crippen molar-refractivity contribution >= 4 is 12.1 Å². The van der Waals surface area contributed by atoms with Gasteiger partial charge < -0.3 is 25.4 Å². The fourth-order valence-corrected chi connectivity index (χ4v) is 1.67. The molecule has 0 unspecified atom stereocenters. The number of carbonyl (C=O) groups excluding carboxylic acids is 1. The quantitative estimate of drug-likeness (QED) is 0.447. The summed E-state index contributed by atoms with van der Waals surface area (Å²) in [6.07, 6.45) is 0.326. The van der Waals surface area contributed by atoms with Gasteiger partial charge in [-0.3, -0.25) is 4.99 Å². The van der Waals surface area contributed by atoms with Gasteiger partial charge in [0.15, 0.2) is 5.96 Å². The van der Waals surface area contributed by atoms with E-state index in [-0.39, 0.29) is 0 Å². The summed E-state index contributed by atoms with van der Waals surface area (Å²) < 4.78 is 10.4. The van der Waals surface area contributed by atoms with Crippen molar-refractivity contribution in [3.63, 3.8) is 0 Å². The molecule has 0 bridgehead atoms. The van der Waals surface area contributed by atoms with Crippen LogP contribution < -0.4 is 11.1 Å². The van der Waals surface area contributed by atoms with Crippen molar-refractivity contribution in [2.45, 2.75) is 32.8 Å². The molecule has 1 heterocycles. The number of alkyl carbamates (subject to hydrolysis) is 1. The van der Waals surface area contributed by atoms with Gasteiger partial charge in [0, 0.05) is 26.2 Å². The SMILES string of the molecule is CC(C)(C)OC(=O)NCCCN=C(N)N1CCOCC1. The molecule has 0 aliphatic carbocycles. The van der Waals surface area contributed by atoms with E-state index in [0.717, 1.165) is 19.5 Å². The molecule has 7 heteroatoms. The molecule has 20 heavy (non-hydrogen) atoms. The Hall–Kier alpha value is -1.50. The summed E-state index contributed by atoms with van der Waals surface area (Å²) in [4.78, 5) is 17.7. The van der Waals surface area contributed by atoms with Crippen LogP contribution in [0.5, 0.6) is 0 Å². The number of hydrogen-bond donors (Lipinski definition) is 2. The molecule has 7 nitrogen and oxygen atoms in total. The highest BCUT2D eigenvalue weighted by atomic mass is 16.6. The number of morpholine rings is 1. The van der Waals surface area contributed by atoms with Gasteiger partial charge in [0.25, 0.3) is 0 Å². The molecule has 0 aromatic heterocycles. The number of carbonyl (C=O) groups is 1. The number of nitrogens with zero attached hydrogens (tertiary/aromatic N) is 2. The predicted molar refractivity (Wildman–Crippen MR) is 77.7 cm³/mol. The lowest BCUT2D eigenvalue weighted by atomic mass is 10.2. The minimum Gasteiger partial charge on any atom is -0.444 e. The molecule has 1 rings (SSSR count). The Kier molecular flexibility index (Phi) is 6.57.